The number of likely N-dealkylation sites (N-methyl/N-ethyl adjacent to an activating group) is 1. The Hall–Kier alpha value is -4.12. The van der Waals surface area contributed by atoms with Crippen LogP contribution in [0.2, 0.25) is 0 Å². The summed E-state index contributed by atoms with van der Waals surface area (Å²) in [6.45, 7) is 11.1. The van der Waals surface area contributed by atoms with Crippen LogP contribution in [0.15, 0.2) is 54.6 Å². The largest absolute Gasteiger partial charge is 0.489 e. The predicted octanol–water partition coefficient (Wildman–Crippen LogP) is 4.41. The number of nitrogens with one attached hydrogen (secondary N) is 1. The third-order valence-corrected chi connectivity index (χ3v) is 7.46. The molecule has 11 heteroatoms. The van der Waals surface area contributed by atoms with E-state index in [0.717, 1.165) is 24.0 Å². The molecular weight excluding hydrogens is 588 g/mol. The molecular formula is C35H52N4O7. The van der Waals surface area contributed by atoms with Crippen LogP contribution in [-0.4, -0.2) is 88.8 Å². The number of para-hydroxylation sites is 1. The van der Waals surface area contributed by atoms with Crippen LogP contribution >= 0.6 is 0 Å². The number of amides is 3. The van der Waals surface area contributed by atoms with E-state index in [1.807, 2.05) is 44.2 Å². The molecule has 0 aromatic heterocycles. The molecule has 11 nitrogen and oxygen atoms in total. The number of aryl methyl sites for hydroxylation is 1. The Morgan fingerprint density at radius 2 is 1.63 bits per heavy atom. The van der Waals surface area contributed by atoms with Gasteiger partial charge in [-0.25, -0.2) is 9.59 Å². The normalized spacial score (nSPS) is 13.9. The highest BCUT2D eigenvalue weighted by atomic mass is 16.6. The summed E-state index contributed by atoms with van der Waals surface area (Å²) < 4.78 is 12.0. The molecule has 0 bridgehead atoms. The maximum atomic E-state index is 14.0. The van der Waals surface area contributed by atoms with E-state index in [2.05, 4.69) is 5.32 Å². The molecule has 2 rings (SSSR count). The van der Waals surface area contributed by atoms with E-state index in [1.54, 1.807) is 45.0 Å². The average molecular weight is 641 g/mol. The van der Waals surface area contributed by atoms with Gasteiger partial charge in [0.2, 0.25) is 11.8 Å². The van der Waals surface area contributed by atoms with Crippen molar-refractivity contribution in [3.8, 4) is 5.75 Å². The number of carboxylic acid groups (broad SMARTS) is 1. The molecule has 0 saturated heterocycles. The van der Waals surface area contributed by atoms with Gasteiger partial charge in [-0.15, -0.1) is 0 Å². The SMILES string of the molecule is CCC[C@@H](C(=O)N(C)[C@H](C)C(=O)N[C@H](Cc1ccccc1)C(=O)O)N(C[C@@H](C)Oc1ccccc1CCCN)C(=O)OC(C)(C)C. The number of nitrogens with zero attached hydrogens (tertiary/aromatic N) is 2. The van der Waals surface area contributed by atoms with E-state index in [0.29, 0.717) is 25.1 Å². The Labute approximate surface area is 273 Å². The van der Waals surface area contributed by atoms with Crippen LogP contribution in [-0.2, 0) is 32.0 Å². The monoisotopic (exact) mass is 640 g/mol. The van der Waals surface area contributed by atoms with Crippen molar-refractivity contribution in [3.63, 3.8) is 0 Å². The van der Waals surface area contributed by atoms with Crippen LogP contribution in [0.25, 0.3) is 0 Å². The van der Waals surface area contributed by atoms with Crippen molar-refractivity contribution in [2.75, 3.05) is 20.1 Å². The molecule has 0 radical (unpaired) electrons. The topological polar surface area (TPSA) is 152 Å². The molecule has 4 N–H and O–H groups in total. The van der Waals surface area contributed by atoms with Crippen LogP contribution in [0.1, 0.15) is 71.9 Å². The minimum atomic E-state index is -1.18. The summed E-state index contributed by atoms with van der Waals surface area (Å²) in [6.07, 6.45) is 1.31. The van der Waals surface area contributed by atoms with E-state index < -0.39 is 53.7 Å². The summed E-state index contributed by atoms with van der Waals surface area (Å²) >= 11 is 0. The van der Waals surface area contributed by atoms with Crippen LogP contribution in [0.4, 0.5) is 4.79 Å². The van der Waals surface area contributed by atoms with Gasteiger partial charge in [0.05, 0.1) is 6.54 Å². The lowest BCUT2D eigenvalue weighted by Gasteiger charge is -2.37. The highest BCUT2D eigenvalue weighted by Crippen LogP contribution is 2.23. The fraction of sp³-hybridized carbons (Fsp3) is 0.543. The first-order valence-electron chi connectivity index (χ1n) is 16.0. The van der Waals surface area contributed by atoms with Crippen molar-refractivity contribution in [2.24, 2.45) is 5.73 Å². The second-order valence-electron chi connectivity index (χ2n) is 12.6. The standard InChI is InChI=1S/C35H52N4O7/c1-8-15-29(32(41)38(7)25(3)31(40)37-28(33(42)43)22-26-16-10-9-11-17-26)39(34(44)46-35(4,5)6)23-24(2)45-30-20-13-12-18-27(30)19-14-21-36/h9-13,16-18,20,24-25,28-29H,8,14-15,19,21-23,36H2,1-7H3,(H,37,40)(H,42,43)/t24-,25-,28-,29+/m1/s1. The van der Waals surface area contributed by atoms with Crippen molar-refractivity contribution in [2.45, 2.75) is 103 Å². The van der Waals surface area contributed by atoms with Gasteiger partial charge >= 0.3 is 12.1 Å². The number of carbonyl (C=O) groups excluding carboxylic acids is 3. The lowest BCUT2D eigenvalue weighted by molar-refractivity contribution is -0.145. The van der Waals surface area contributed by atoms with Crippen molar-refractivity contribution in [1.82, 2.24) is 15.1 Å². The molecule has 254 valence electrons. The Morgan fingerprint density at radius 3 is 2.22 bits per heavy atom. The van der Waals surface area contributed by atoms with E-state index in [4.69, 9.17) is 15.2 Å². The Kier molecular flexibility index (Phi) is 15.0. The zero-order valence-corrected chi connectivity index (χ0v) is 28.3. The average Bonchev–Trinajstić information content (AvgIpc) is 3.00. The molecule has 4 atom stereocenters. The van der Waals surface area contributed by atoms with Gasteiger partial charge in [0.15, 0.2) is 0 Å². The number of benzene rings is 2. The zero-order valence-electron chi connectivity index (χ0n) is 28.3. The first-order valence-corrected chi connectivity index (χ1v) is 16.0. The van der Waals surface area contributed by atoms with Gasteiger partial charge in [-0.05, 0) is 77.6 Å². The van der Waals surface area contributed by atoms with E-state index in [1.165, 1.54) is 23.8 Å². The first-order chi connectivity index (χ1) is 21.7. The lowest BCUT2D eigenvalue weighted by Crippen LogP contribution is -2.57. The highest BCUT2D eigenvalue weighted by Gasteiger charge is 2.38. The second-order valence-corrected chi connectivity index (χ2v) is 12.6. The van der Waals surface area contributed by atoms with Crippen LogP contribution in [0, 0.1) is 0 Å². The van der Waals surface area contributed by atoms with Crippen LogP contribution < -0.4 is 15.8 Å². The van der Waals surface area contributed by atoms with Gasteiger partial charge in [-0.2, -0.15) is 0 Å². The third-order valence-electron chi connectivity index (χ3n) is 7.46. The van der Waals surface area contributed by atoms with E-state index >= 15 is 0 Å². The zero-order chi connectivity index (χ0) is 34.4. The molecule has 46 heavy (non-hydrogen) atoms. The molecule has 0 unspecified atom stereocenters. The summed E-state index contributed by atoms with van der Waals surface area (Å²) in [7, 11) is 1.48. The molecule has 2 aromatic carbocycles. The summed E-state index contributed by atoms with van der Waals surface area (Å²) in [5.41, 5.74) is 6.64. The molecule has 0 aliphatic carbocycles. The fourth-order valence-corrected chi connectivity index (χ4v) is 4.93. The predicted molar refractivity (Wildman–Crippen MR) is 177 cm³/mol. The highest BCUT2D eigenvalue weighted by molar-refractivity contribution is 5.92. The first kappa shape index (κ1) is 38.1. The second kappa shape index (κ2) is 18.1. The van der Waals surface area contributed by atoms with Crippen molar-refractivity contribution < 1.29 is 33.8 Å². The van der Waals surface area contributed by atoms with Crippen molar-refractivity contribution in [1.29, 1.82) is 0 Å². The van der Waals surface area contributed by atoms with Gasteiger partial charge in [0.25, 0.3) is 0 Å². The number of rotatable bonds is 17. The van der Waals surface area contributed by atoms with Gasteiger partial charge in [0, 0.05) is 13.5 Å². The van der Waals surface area contributed by atoms with Crippen molar-refractivity contribution >= 4 is 23.9 Å². The number of hydrogen-bond donors (Lipinski definition) is 3. The molecule has 0 saturated carbocycles. The molecule has 2 aromatic rings. The summed E-state index contributed by atoms with van der Waals surface area (Å²) in [5, 5.41) is 12.3. The molecule has 0 heterocycles. The number of aliphatic carboxylic acids is 1. The van der Waals surface area contributed by atoms with Gasteiger partial charge in [-0.3, -0.25) is 14.5 Å². The third kappa shape index (κ3) is 12.0. The maximum Gasteiger partial charge on any atom is 0.411 e. The molecule has 0 fully saturated rings. The molecule has 3 amide bonds. The Morgan fingerprint density at radius 1 is 1.00 bits per heavy atom. The Bertz CT molecular complexity index is 1280. The van der Waals surface area contributed by atoms with Crippen LogP contribution in [0.5, 0.6) is 5.75 Å². The number of hydrogen-bond acceptors (Lipinski definition) is 7. The number of carboxylic acids is 1. The molecule has 0 spiro atoms. The van der Waals surface area contributed by atoms with Crippen LogP contribution in [0.3, 0.4) is 0 Å². The summed E-state index contributed by atoms with van der Waals surface area (Å²) in [5.74, 6) is -1.60. The number of carbonyl (C=O) groups is 4. The Balaban J connectivity index is 2.29. The van der Waals surface area contributed by atoms with Gasteiger partial charge in [-0.1, -0.05) is 61.9 Å². The molecule has 0 aliphatic heterocycles. The van der Waals surface area contributed by atoms with Gasteiger partial charge in [0.1, 0.15) is 35.6 Å². The molecule has 0 aliphatic rings. The van der Waals surface area contributed by atoms with E-state index in [9.17, 15) is 24.3 Å². The minimum Gasteiger partial charge on any atom is -0.489 e. The maximum absolute atomic E-state index is 14.0. The minimum absolute atomic E-state index is 0.0448. The van der Waals surface area contributed by atoms with Crippen molar-refractivity contribution in [3.05, 3.63) is 65.7 Å². The lowest BCUT2D eigenvalue weighted by atomic mass is 10.0. The number of ether oxygens (including phenoxy) is 2. The summed E-state index contributed by atoms with van der Waals surface area (Å²) in [6, 6.07) is 13.5. The fourth-order valence-electron chi connectivity index (χ4n) is 4.93. The summed E-state index contributed by atoms with van der Waals surface area (Å²) in [4.78, 5) is 55.5. The quantitative estimate of drug-likeness (QED) is 0.230. The smallest absolute Gasteiger partial charge is 0.411 e. The number of nitrogens with two attached hydrogens (primary N) is 1. The van der Waals surface area contributed by atoms with E-state index in [-0.39, 0.29) is 13.0 Å². The van der Waals surface area contributed by atoms with Gasteiger partial charge < -0.3 is 30.5 Å².